The number of alkyl halides is 2. The van der Waals surface area contributed by atoms with Gasteiger partial charge in [0.1, 0.15) is 0 Å². The van der Waals surface area contributed by atoms with Gasteiger partial charge in [0.15, 0.2) is 5.69 Å². The summed E-state index contributed by atoms with van der Waals surface area (Å²) < 4.78 is 29.1. The first kappa shape index (κ1) is 16.8. The summed E-state index contributed by atoms with van der Waals surface area (Å²) in [6, 6.07) is -0.632. The van der Waals surface area contributed by atoms with Crippen molar-refractivity contribution in [2.75, 3.05) is 13.6 Å². The van der Waals surface area contributed by atoms with E-state index in [1.54, 1.807) is 0 Å². The summed E-state index contributed by atoms with van der Waals surface area (Å²) in [4.78, 5) is 25.4. The largest absolute Gasteiger partial charge is 0.354 e. The molecule has 1 aliphatic carbocycles. The fraction of sp³-hybridized carbons (Fsp3) is 0.733. The molecule has 0 radical (unpaired) electrons. The van der Waals surface area contributed by atoms with Gasteiger partial charge in [-0.1, -0.05) is 18.1 Å². The van der Waals surface area contributed by atoms with Crippen LogP contribution in [0.5, 0.6) is 0 Å². The van der Waals surface area contributed by atoms with Gasteiger partial charge in [-0.3, -0.25) is 9.59 Å². The number of amides is 2. The molecular weight excluding hydrogens is 320 g/mol. The van der Waals surface area contributed by atoms with E-state index in [-0.39, 0.29) is 30.5 Å². The average Bonchev–Trinajstić information content (AvgIpc) is 3.26. The zero-order chi connectivity index (χ0) is 17.3. The van der Waals surface area contributed by atoms with E-state index in [4.69, 9.17) is 0 Å². The monoisotopic (exact) mass is 341 g/mol. The maximum atomic E-state index is 13.9. The predicted octanol–water partition coefficient (Wildman–Crippen LogP) is 1.06. The lowest BCUT2D eigenvalue weighted by Gasteiger charge is -2.26. The highest BCUT2D eigenvalue weighted by Gasteiger charge is 2.48. The van der Waals surface area contributed by atoms with E-state index in [0.29, 0.717) is 0 Å². The van der Waals surface area contributed by atoms with E-state index in [9.17, 15) is 18.4 Å². The molecule has 0 aromatic carbocycles. The molecule has 3 rings (SSSR count). The highest BCUT2D eigenvalue weighted by Crippen LogP contribution is 2.36. The molecule has 132 valence electrons. The van der Waals surface area contributed by atoms with Crippen LogP contribution in [0.3, 0.4) is 0 Å². The number of rotatable bonds is 4. The van der Waals surface area contributed by atoms with Crippen LogP contribution in [0.15, 0.2) is 6.20 Å². The van der Waals surface area contributed by atoms with Crippen molar-refractivity contribution < 1.29 is 18.4 Å². The lowest BCUT2D eigenvalue weighted by atomic mass is 10.1. The number of halogens is 2. The van der Waals surface area contributed by atoms with E-state index in [1.807, 2.05) is 0 Å². The molecule has 1 aromatic rings. The van der Waals surface area contributed by atoms with Gasteiger partial charge < -0.3 is 10.2 Å². The molecule has 24 heavy (non-hydrogen) atoms. The standard InChI is InChI=1S/C15H21F2N5O2/c1-18-13(23)12-8-21(20-19-12)7-11-6-15(16,17)9-22(11)14(24)10-4-2-3-5-10/h8,10-11H,2-7,9H2,1H3,(H,18,23). The summed E-state index contributed by atoms with van der Waals surface area (Å²) in [5.74, 6) is -3.60. The van der Waals surface area contributed by atoms with Gasteiger partial charge in [0.2, 0.25) is 5.91 Å². The van der Waals surface area contributed by atoms with Crippen molar-refractivity contribution >= 4 is 11.8 Å². The molecule has 7 nitrogen and oxygen atoms in total. The van der Waals surface area contributed by atoms with Crippen molar-refractivity contribution in [1.29, 1.82) is 0 Å². The lowest BCUT2D eigenvalue weighted by molar-refractivity contribution is -0.137. The molecule has 1 N–H and O–H groups in total. The van der Waals surface area contributed by atoms with Gasteiger partial charge >= 0.3 is 0 Å². The summed E-state index contributed by atoms with van der Waals surface area (Å²) >= 11 is 0. The zero-order valence-electron chi connectivity index (χ0n) is 13.5. The van der Waals surface area contributed by atoms with Crippen molar-refractivity contribution in [2.24, 2.45) is 5.92 Å². The normalized spacial score (nSPS) is 23.6. The van der Waals surface area contributed by atoms with E-state index in [0.717, 1.165) is 25.7 Å². The number of hydrogen-bond acceptors (Lipinski definition) is 4. The summed E-state index contributed by atoms with van der Waals surface area (Å²) in [6.45, 7) is -0.429. The van der Waals surface area contributed by atoms with Gasteiger partial charge in [-0.15, -0.1) is 5.10 Å². The molecule has 0 bridgehead atoms. The first-order chi connectivity index (χ1) is 11.4. The minimum atomic E-state index is -2.89. The maximum absolute atomic E-state index is 13.9. The molecule has 2 amide bonds. The van der Waals surface area contributed by atoms with Crippen LogP contribution in [0, 0.1) is 5.92 Å². The Bertz CT molecular complexity index is 627. The van der Waals surface area contributed by atoms with Gasteiger partial charge in [-0.05, 0) is 12.8 Å². The predicted molar refractivity (Wildman–Crippen MR) is 80.4 cm³/mol. The Kier molecular flexibility index (Phi) is 4.51. The van der Waals surface area contributed by atoms with E-state index in [2.05, 4.69) is 15.6 Å². The highest BCUT2D eigenvalue weighted by molar-refractivity contribution is 5.91. The zero-order valence-corrected chi connectivity index (χ0v) is 13.5. The highest BCUT2D eigenvalue weighted by atomic mass is 19.3. The summed E-state index contributed by atoms with van der Waals surface area (Å²) in [7, 11) is 1.47. The Balaban J connectivity index is 1.73. The first-order valence-corrected chi connectivity index (χ1v) is 8.20. The van der Waals surface area contributed by atoms with E-state index in [1.165, 1.54) is 22.8 Å². The van der Waals surface area contributed by atoms with Crippen LogP contribution in [-0.2, 0) is 11.3 Å². The number of carbonyl (C=O) groups is 2. The summed E-state index contributed by atoms with van der Waals surface area (Å²) in [5.41, 5.74) is 0.121. The second kappa shape index (κ2) is 6.45. The quantitative estimate of drug-likeness (QED) is 0.888. The van der Waals surface area contributed by atoms with E-state index >= 15 is 0 Å². The van der Waals surface area contributed by atoms with Gasteiger partial charge in [-0.25, -0.2) is 13.5 Å². The Morgan fingerprint density at radius 2 is 2.08 bits per heavy atom. The van der Waals surface area contributed by atoms with Crippen LogP contribution in [0.1, 0.15) is 42.6 Å². The summed E-state index contributed by atoms with van der Waals surface area (Å²) in [6.07, 6.45) is 4.53. The van der Waals surface area contributed by atoms with Crippen LogP contribution in [0.25, 0.3) is 0 Å². The molecule has 2 fully saturated rings. The third-order valence-corrected chi connectivity index (χ3v) is 4.76. The molecule has 1 saturated carbocycles. The van der Waals surface area contributed by atoms with Crippen LogP contribution in [-0.4, -0.2) is 57.3 Å². The van der Waals surface area contributed by atoms with E-state index < -0.39 is 24.4 Å². The average molecular weight is 341 g/mol. The Hall–Kier alpha value is -2.06. The third kappa shape index (κ3) is 3.39. The second-order valence-corrected chi connectivity index (χ2v) is 6.57. The van der Waals surface area contributed by atoms with Gasteiger partial charge in [-0.2, -0.15) is 0 Å². The fourth-order valence-electron chi connectivity index (χ4n) is 3.56. The maximum Gasteiger partial charge on any atom is 0.273 e. The van der Waals surface area contributed by atoms with Gasteiger partial charge in [0.25, 0.3) is 11.8 Å². The van der Waals surface area contributed by atoms with Crippen LogP contribution in [0.4, 0.5) is 8.78 Å². The number of nitrogens with one attached hydrogen (secondary N) is 1. The van der Waals surface area contributed by atoms with Crippen molar-refractivity contribution in [3.8, 4) is 0 Å². The fourth-order valence-corrected chi connectivity index (χ4v) is 3.56. The second-order valence-electron chi connectivity index (χ2n) is 6.57. The van der Waals surface area contributed by atoms with Crippen molar-refractivity contribution in [1.82, 2.24) is 25.2 Å². The number of carbonyl (C=O) groups excluding carboxylic acids is 2. The topological polar surface area (TPSA) is 80.1 Å². The number of likely N-dealkylation sites (tertiary alicyclic amines) is 1. The van der Waals surface area contributed by atoms with Crippen molar-refractivity contribution in [3.05, 3.63) is 11.9 Å². The minimum absolute atomic E-state index is 0.109. The SMILES string of the molecule is CNC(=O)c1cn(CC2CC(F)(F)CN2C(=O)C2CCCC2)nn1. The van der Waals surface area contributed by atoms with Crippen LogP contribution < -0.4 is 5.32 Å². The molecule has 0 spiro atoms. The molecule has 1 aromatic heterocycles. The van der Waals surface area contributed by atoms with Gasteiger partial charge in [0.05, 0.1) is 25.3 Å². The molecule has 2 aliphatic rings. The number of nitrogens with zero attached hydrogens (tertiary/aromatic N) is 4. The van der Waals surface area contributed by atoms with Crippen LogP contribution >= 0.6 is 0 Å². The molecule has 1 unspecified atom stereocenters. The van der Waals surface area contributed by atoms with Crippen molar-refractivity contribution in [3.63, 3.8) is 0 Å². The Morgan fingerprint density at radius 3 is 2.75 bits per heavy atom. The van der Waals surface area contributed by atoms with Crippen LogP contribution in [0.2, 0.25) is 0 Å². The molecule has 1 saturated heterocycles. The van der Waals surface area contributed by atoms with Crippen molar-refractivity contribution in [2.45, 2.75) is 50.6 Å². The molecule has 2 heterocycles. The number of aromatic nitrogens is 3. The first-order valence-electron chi connectivity index (χ1n) is 8.20. The number of hydrogen-bond donors (Lipinski definition) is 1. The Labute approximate surface area is 138 Å². The lowest BCUT2D eigenvalue weighted by Crippen LogP contribution is -2.41. The third-order valence-electron chi connectivity index (χ3n) is 4.76. The van der Waals surface area contributed by atoms with Gasteiger partial charge in [0, 0.05) is 19.4 Å². The Morgan fingerprint density at radius 1 is 1.38 bits per heavy atom. The molecule has 1 atom stereocenters. The molecule has 9 heteroatoms. The smallest absolute Gasteiger partial charge is 0.273 e. The molecular formula is C15H21F2N5O2. The summed E-state index contributed by atoms with van der Waals surface area (Å²) in [5, 5.41) is 9.96. The minimum Gasteiger partial charge on any atom is -0.354 e. The molecule has 1 aliphatic heterocycles.